The molecule has 0 bridgehead atoms. The Balaban J connectivity index is 1.34. The van der Waals surface area contributed by atoms with Crippen molar-refractivity contribution in [1.29, 1.82) is 0 Å². The molecule has 0 unspecified atom stereocenters. The molecule has 4 aromatic rings. The van der Waals surface area contributed by atoms with Gasteiger partial charge in [0.15, 0.2) is 0 Å². The number of pyridine rings is 1. The maximum absolute atomic E-state index is 13.5. The Morgan fingerprint density at radius 1 is 1.09 bits per heavy atom. The van der Waals surface area contributed by atoms with E-state index < -0.39 is 0 Å². The summed E-state index contributed by atoms with van der Waals surface area (Å²) < 4.78 is 8.46. The minimum Gasteiger partial charge on any atom is -0.495 e. The summed E-state index contributed by atoms with van der Waals surface area (Å²) in [6, 6.07) is 10.1. The van der Waals surface area contributed by atoms with Crippen LogP contribution >= 0.6 is 11.3 Å². The van der Waals surface area contributed by atoms with Gasteiger partial charge in [-0.1, -0.05) is 19.1 Å². The van der Waals surface area contributed by atoms with E-state index in [0.29, 0.717) is 6.54 Å². The van der Waals surface area contributed by atoms with Crippen molar-refractivity contribution in [1.82, 2.24) is 19.4 Å². The van der Waals surface area contributed by atoms with Crippen molar-refractivity contribution in [3.05, 3.63) is 58.9 Å². The first-order valence-electron chi connectivity index (χ1n) is 11.6. The highest BCUT2D eigenvalue weighted by Crippen LogP contribution is 2.30. The van der Waals surface area contributed by atoms with Gasteiger partial charge in [-0.2, -0.15) is 0 Å². The molecule has 0 aliphatic carbocycles. The number of benzene rings is 1. The number of nitrogens with zero attached hydrogens (tertiary/aromatic N) is 5. The number of thiophene rings is 1. The van der Waals surface area contributed by atoms with Gasteiger partial charge in [-0.25, -0.2) is 4.98 Å². The maximum atomic E-state index is 13.5. The van der Waals surface area contributed by atoms with Gasteiger partial charge in [-0.15, -0.1) is 11.3 Å². The van der Waals surface area contributed by atoms with Crippen molar-refractivity contribution in [2.75, 3.05) is 44.7 Å². The van der Waals surface area contributed by atoms with E-state index in [1.165, 1.54) is 0 Å². The fourth-order valence-corrected chi connectivity index (χ4v) is 5.70. The summed E-state index contributed by atoms with van der Waals surface area (Å²) in [5.74, 6) is 1.81. The van der Waals surface area contributed by atoms with Crippen molar-refractivity contribution in [3.63, 3.8) is 0 Å². The molecule has 1 aromatic carbocycles. The van der Waals surface area contributed by atoms with Crippen LogP contribution in [0.3, 0.4) is 0 Å². The molecule has 0 atom stereocenters. The van der Waals surface area contributed by atoms with Gasteiger partial charge >= 0.3 is 0 Å². The number of rotatable bonds is 7. The van der Waals surface area contributed by atoms with E-state index in [1.807, 2.05) is 29.0 Å². The first kappa shape index (κ1) is 21.9. The van der Waals surface area contributed by atoms with Crippen LogP contribution in [-0.2, 0) is 13.0 Å². The van der Waals surface area contributed by atoms with Crippen LogP contribution in [0.25, 0.3) is 20.3 Å². The molecule has 1 aliphatic rings. The molecule has 4 heterocycles. The molecule has 0 spiro atoms. The molecule has 1 saturated heterocycles. The molecule has 8 heteroatoms. The zero-order valence-electron chi connectivity index (χ0n) is 19.2. The normalized spacial score (nSPS) is 14.9. The minimum absolute atomic E-state index is 0.0774. The van der Waals surface area contributed by atoms with Crippen LogP contribution in [0, 0.1) is 0 Å². The third-order valence-corrected chi connectivity index (χ3v) is 7.42. The van der Waals surface area contributed by atoms with Crippen LogP contribution in [0.5, 0.6) is 5.75 Å². The number of aromatic nitrogens is 3. The average Bonchev–Trinajstić information content (AvgIpc) is 3.23. The van der Waals surface area contributed by atoms with Crippen molar-refractivity contribution < 1.29 is 4.74 Å². The third-order valence-electron chi connectivity index (χ3n) is 6.39. The summed E-state index contributed by atoms with van der Waals surface area (Å²) in [6.45, 7) is 7.43. The number of hydrogen-bond donors (Lipinski definition) is 0. The van der Waals surface area contributed by atoms with Crippen molar-refractivity contribution in [2.24, 2.45) is 0 Å². The van der Waals surface area contributed by atoms with E-state index >= 15 is 0 Å². The lowest BCUT2D eigenvalue weighted by Crippen LogP contribution is -2.47. The van der Waals surface area contributed by atoms with E-state index in [2.05, 4.69) is 33.8 Å². The Hall–Kier alpha value is -2.97. The van der Waals surface area contributed by atoms with Crippen molar-refractivity contribution >= 4 is 37.3 Å². The third kappa shape index (κ3) is 4.20. The lowest BCUT2D eigenvalue weighted by Gasteiger charge is -2.36. The summed E-state index contributed by atoms with van der Waals surface area (Å²) in [7, 11) is 1.72. The fraction of sp³-hybridized carbons (Fsp3) is 0.400. The average molecular weight is 464 g/mol. The van der Waals surface area contributed by atoms with Gasteiger partial charge in [0.1, 0.15) is 16.4 Å². The van der Waals surface area contributed by atoms with Gasteiger partial charge in [0.25, 0.3) is 5.56 Å². The number of anilines is 1. The maximum Gasteiger partial charge on any atom is 0.262 e. The molecule has 3 aromatic heterocycles. The Bertz CT molecular complexity index is 1320. The van der Waals surface area contributed by atoms with Crippen LogP contribution < -0.4 is 15.2 Å². The smallest absolute Gasteiger partial charge is 0.262 e. The van der Waals surface area contributed by atoms with Gasteiger partial charge < -0.3 is 9.64 Å². The van der Waals surface area contributed by atoms with Crippen LogP contribution in [0.2, 0.25) is 0 Å². The molecule has 0 radical (unpaired) electrons. The first-order valence-corrected chi connectivity index (χ1v) is 12.4. The minimum atomic E-state index is 0.0774. The Labute approximate surface area is 197 Å². The first-order chi connectivity index (χ1) is 16.2. The topological polar surface area (TPSA) is 63.5 Å². The number of piperazine rings is 1. The van der Waals surface area contributed by atoms with Crippen LogP contribution in [0.1, 0.15) is 19.2 Å². The molecule has 0 amide bonds. The van der Waals surface area contributed by atoms with E-state index in [-0.39, 0.29) is 5.56 Å². The molecule has 1 aliphatic heterocycles. The number of para-hydroxylation sites is 2. The van der Waals surface area contributed by atoms with E-state index in [9.17, 15) is 4.79 Å². The predicted molar refractivity (Wildman–Crippen MR) is 135 cm³/mol. The summed E-state index contributed by atoms with van der Waals surface area (Å²) in [5.41, 5.74) is 1.23. The van der Waals surface area contributed by atoms with Crippen LogP contribution in [-0.4, -0.2) is 59.3 Å². The molecule has 172 valence electrons. The molecule has 0 N–H and O–H groups in total. The Kier molecular flexibility index (Phi) is 6.28. The van der Waals surface area contributed by atoms with Crippen molar-refractivity contribution in [3.8, 4) is 5.75 Å². The quantitative estimate of drug-likeness (QED) is 0.416. The second kappa shape index (κ2) is 9.49. The fourth-order valence-electron chi connectivity index (χ4n) is 4.64. The van der Waals surface area contributed by atoms with E-state index in [1.54, 1.807) is 24.6 Å². The lowest BCUT2D eigenvalue weighted by molar-refractivity contribution is 0.245. The van der Waals surface area contributed by atoms with Gasteiger partial charge in [0.2, 0.25) is 0 Å². The lowest BCUT2D eigenvalue weighted by atomic mass is 10.2. The predicted octanol–water partition coefficient (Wildman–Crippen LogP) is 3.79. The Morgan fingerprint density at radius 2 is 1.91 bits per heavy atom. The van der Waals surface area contributed by atoms with Crippen LogP contribution in [0.4, 0.5) is 5.69 Å². The molecule has 5 rings (SSSR count). The SMILES string of the molecule is CCCc1nc2sc3cnccc3c2c(=O)n1CCN1CCN(c2ccccc2OC)CC1. The van der Waals surface area contributed by atoms with Gasteiger partial charge in [0, 0.05) is 63.5 Å². The molecule has 33 heavy (non-hydrogen) atoms. The zero-order chi connectivity index (χ0) is 22.8. The van der Waals surface area contributed by atoms with Crippen LogP contribution in [0.15, 0.2) is 47.5 Å². The summed E-state index contributed by atoms with van der Waals surface area (Å²) >= 11 is 1.56. The van der Waals surface area contributed by atoms with E-state index in [0.717, 1.165) is 83.1 Å². The Morgan fingerprint density at radius 3 is 2.70 bits per heavy atom. The molecule has 1 fully saturated rings. The zero-order valence-corrected chi connectivity index (χ0v) is 20.0. The standard InChI is InChI=1S/C25H29N5O2S/c1-3-6-22-27-24-23(18-9-10-26-17-21(18)33-24)25(31)30(22)16-13-28-11-14-29(15-12-28)19-7-4-5-8-20(19)32-2/h4-5,7-10,17H,3,6,11-16H2,1-2H3. The largest absolute Gasteiger partial charge is 0.495 e. The van der Waals surface area contributed by atoms with Crippen molar-refractivity contribution in [2.45, 2.75) is 26.3 Å². The monoisotopic (exact) mass is 463 g/mol. The second-order valence-electron chi connectivity index (χ2n) is 8.39. The summed E-state index contributed by atoms with van der Waals surface area (Å²) in [6.07, 6.45) is 5.34. The molecular weight excluding hydrogens is 434 g/mol. The summed E-state index contributed by atoms with van der Waals surface area (Å²) in [4.78, 5) is 28.3. The number of ether oxygens (including phenoxy) is 1. The highest BCUT2D eigenvalue weighted by atomic mass is 32.1. The molecule has 0 saturated carbocycles. The number of methoxy groups -OCH3 is 1. The highest BCUT2D eigenvalue weighted by Gasteiger charge is 2.21. The molecular formula is C25H29N5O2S. The second-order valence-corrected chi connectivity index (χ2v) is 9.42. The van der Waals surface area contributed by atoms with Gasteiger partial charge in [0.05, 0.1) is 22.9 Å². The molecule has 7 nitrogen and oxygen atoms in total. The highest BCUT2D eigenvalue weighted by molar-refractivity contribution is 7.25. The summed E-state index contributed by atoms with van der Waals surface area (Å²) in [5, 5.41) is 1.70. The number of hydrogen-bond acceptors (Lipinski definition) is 7. The number of fused-ring (bicyclic) bond motifs is 3. The van der Waals surface area contributed by atoms with E-state index in [4.69, 9.17) is 9.72 Å². The number of aryl methyl sites for hydroxylation is 1. The van der Waals surface area contributed by atoms with Gasteiger partial charge in [-0.3, -0.25) is 19.2 Å². The van der Waals surface area contributed by atoms with Gasteiger partial charge in [-0.05, 0) is 24.6 Å².